The van der Waals surface area contributed by atoms with Crippen molar-refractivity contribution in [3.05, 3.63) is 125 Å². The number of rotatable bonds is 13. The Hall–Kier alpha value is -5.26. The molecule has 1 unspecified atom stereocenters. The molecule has 2 fully saturated rings. The zero-order chi connectivity index (χ0) is 38.5. The van der Waals surface area contributed by atoms with Crippen molar-refractivity contribution in [2.75, 3.05) is 43.4 Å². The topological polar surface area (TPSA) is 127 Å². The number of hydrogen-bond acceptors (Lipinski definition) is 8. The van der Waals surface area contributed by atoms with E-state index in [0.29, 0.717) is 29.8 Å². The molecule has 0 spiro atoms. The number of benzene rings is 4. The lowest BCUT2D eigenvalue weighted by atomic mass is 9.88. The number of hydrogen-bond donors (Lipinski definition) is 2. The Kier molecular flexibility index (Phi) is 11.5. The molecule has 3 heterocycles. The number of fused-ring (bicyclic) bond motifs is 1. The number of phenolic OH excluding ortho intramolecular Hbond substituents is 1. The van der Waals surface area contributed by atoms with Crippen molar-refractivity contribution >= 4 is 44.4 Å². The average molecular weight is 761 g/mol. The van der Waals surface area contributed by atoms with Crippen LogP contribution < -0.4 is 10.2 Å². The molecule has 55 heavy (non-hydrogen) atoms. The fraction of sp³-hybridized carbons (Fsp3) is 0.341. The van der Waals surface area contributed by atoms with Crippen LogP contribution in [0.1, 0.15) is 78.1 Å². The Morgan fingerprint density at radius 3 is 2.16 bits per heavy atom. The molecule has 2 N–H and O–H groups in total. The van der Waals surface area contributed by atoms with Gasteiger partial charge in [-0.15, -0.1) is 0 Å². The summed E-state index contributed by atoms with van der Waals surface area (Å²) in [6.45, 7) is 6.88. The molecule has 0 bridgehead atoms. The van der Waals surface area contributed by atoms with E-state index in [1.54, 1.807) is 29.2 Å². The van der Waals surface area contributed by atoms with Gasteiger partial charge in [-0.05, 0) is 108 Å². The van der Waals surface area contributed by atoms with Gasteiger partial charge in [-0.2, -0.15) is 0 Å². The zero-order valence-corrected chi connectivity index (χ0v) is 32.1. The summed E-state index contributed by atoms with van der Waals surface area (Å²) in [7, 11) is -3.44. The number of nitrogens with one attached hydrogen (secondary N) is 1. The van der Waals surface area contributed by atoms with Gasteiger partial charge in [0.05, 0.1) is 10.6 Å². The van der Waals surface area contributed by atoms with Gasteiger partial charge in [-0.3, -0.25) is 24.6 Å². The van der Waals surface area contributed by atoms with Crippen LogP contribution in [0.4, 0.5) is 5.69 Å². The summed E-state index contributed by atoms with van der Waals surface area (Å²) < 4.78 is 26.7. The first-order valence-electron chi connectivity index (χ1n) is 19.3. The highest BCUT2D eigenvalue weighted by molar-refractivity contribution is 7.91. The van der Waals surface area contributed by atoms with Crippen molar-refractivity contribution in [2.45, 2.75) is 62.9 Å². The van der Waals surface area contributed by atoms with Crippen molar-refractivity contribution in [2.24, 2.45) is 0 Å². The van der Waals surface area contributed by atoms with Crippen molar-refractivity contribution in [3.8, 4) is 5.75 Å². The lowest BCUT2D eigenvalue weighted by Gasteiger charge is -2.36. The highest BCUT2D eigenvalue weighted by atomic mass is 32.2. The smallest absolute Gasteiger partial charge is 0.255 e. The highest BCUT2D eigenvalue weighted by Crippen LogP contribution is 2.36. The molecule has 1 atom stereocenters. The van der Waals surface area contributed by atoms with E-state index in [0.717, 1.165) is 91.1 Å². The molecule has 286 valence electrons. The van der Waals surface area contributed by atoms with Crippen LogP contribution in [0.2, 0.25) is 0 Å². The van der Waals surface area contributed by atoms with Gasteiger partial charge in [0.2, 0.25) is 11.8 Å². The largest absolute Gasteiger partial charge is 0.508 e. The lowest BCUT2D eigenvalue weighted by Crippen LogP contribution is -2.52. The second-order valence-corrected chi connectivity index (χ2v) is 16.7. The molecule has 4 aromatic carbocycles. The molecule has 0 aromatic heterocycles. The van der Waals surface area contributed by atoms with Crippen LogP contribution in [0, 0.1) is 0 Å². The Morgan fingerprint density at radius 1 is 0.800 bits per heavy atom. The van der Waals surface area contributed by atoms with Gasteiger partial charge in [-0.25, -0.2) is 8.42 Å². The van der Waals surface area contributed by atoms with E-state index in [1.165, 1.54) is 0 Å². The number of phenols is 1. The van der Waals surface area contributed by atoms with Crippen LogP contribution in [0.3, 0.4) is 0 Å². The number of imide groups is 1. The van der Waals surface area contributed by atoms with Crippen LogP contribution in [0.25, 0.3) is 11.1 Å². The van der Waals surface area contributed by atoms with E-state index < -0.39 is 21.8 Å². The third kappa shape index (κ3) is 8.53. The number of anilines is 1. The minimum Gasteiger partial charge on any atom is -0.508 e. The van der Waals surface area contributed by atoms with Crippen molar-refractivity contribution in [1.82, 2.24) is 15.1 Å². The normalized spacial score (nSPS) is 18.3. The Morgan fingerprint density at radius 2 is 1.49 bits per heavy atom. The van der Waals surface area contributed by atoms with Gasteiger partial charge in [0.1, 0.15) is 11.8 Å². The maximum atomic E-state index is 13.4. The fourth-order valence-corrected chi connectivity index (χ4v) is 9.42. The maximum absolute atomic E-state index is 13.4. The number of piperazine rings is 1. The predicted molar refractivity (Wildman–Crippen MR) is 214 cm³/mol. The van der Waals surface area contributed by atoms with Crippen molar-refractivity contribution < 1.29 is 27.9 Å². The standard InChI is InChI=1S/C44H48N4O6S/c1-2-38(31-9-5-3-6-10-31)42(32-11-16-36(49)17-12-32)33-13-18-37(19-14-33)55(53,54)28-8-4-7-23-46-24-26-47(27-25-46)35-15-20-39-34(29-35)30-48(44(39)52)40-21-22-41(50)45-43(40)51/h3,5-6,9-20,29,40,49H,2,4,7-8,21-28,30H2,1H3,(H,45,50,51). The Labute approximate surface area is 323 Å². The number of carbonyl (C=O) groups excluding carboxylic acids is 3. The van der Waals surface area contributed by atoms with Crippen molar-refractivity contribution in [3.63, 3.8) is 0 Å². The lowest BCUT2D eigenvalue weighted by molar-refractivity contribution is -0.136. The zero-order valence-electron chi connectivity index (χ0n) is 31.2. The molecule has 10 nitrogen and oxygen atoms in total. The first kappa shape index (κ1) is 38.0. The SMILES string of the molecule is CCC(=C(c1ccc(O)cc1)c1ccc(S(=O)(=O)CCCCCN2CCN(c3ccc4c(c3)CN(C3CCC(=O)NC3=O)C4=O)CC2)cc1)c1ccccc1. The molecule has 3 amide bonds. The van der Waals surface area contributed by atoms with E-state index in [2.05, 4.69) is 40.2 Å². The predicted octanol–water partition coefficient (Wildman–Crippen LogP) is 6.29. The maximum Gasteiger partial charge on any atom is 0.255 e. The molecular formula is C44H48N4O6S. The molecule has 0 aliphatic carbocycles. The molecule has 0 saturated carbocycles. The van der Waals surface area contributed by atoms with Crippen LogP contribution >= 0.6 is 0 Å². The summed E-state index contributed by atoms with van der Waals surface area (Å²) in [5.41, 5.74) is 7.72. The number of piperidine rings is 1. The van der Waals surface area contributed by atoms with Crippen LogP contribution in [0.5, 0.6) is 5.75 Å². The summed E-state index contributed by atoms with van der Waals surface area (Å²) in [5, 5.41) is 12.3. The van der Waals surface area contributed by atoms with Crippen LogP contribution in [-0.4, -0.2) is 85.6 Å². The van der Waals surface area contributed by atoms with Crippen LogP contribution in [0.15, 0.2) is 102 Å². The minimum absolute atomic E-state index is 0.104. The Bertz CT molecular complexity index is 2180. The number of unbranched alkanes of at least 4 members (excludes halogenated alkanes) is 2. The third-order valence-electron chi connectivity index (χ3n) is 11.1. The van der Waals surface area contributed by atoms with Gasteiger partial charge < -0.3 is 14.9 Å². The number of allylic oxidation sites excluding steroid dienone is 1. The molecule has 3 aliphatic heterocycles. The van der Waals surface area contributed by atoms with Crippen LogP contribution in [-0.2, 0) is 26.0 Å². The van der Waals surface area contributed by atoms with E-state index in [4.69, 9.17) is 0 Å². The summed E-state index contributed by atoms with van der Waals surface area (Å²) in [6.07, 6.45) is 3.71. The third-order valence-corrected chi connectivity index (χ3v) is 12.9. The Balaban J connectivity index is 0.891. The molecular weight excluding hydrogens is 713 g/mol. The average Bonchev–Trinajstić information content (AvgIpc) is 3.52. The summed E-state index contributed by atoms with van der Waals surface area (Å²) in [4.78, 5) is 43.7. The molecule has 11 heteroatoms. The second-order valence-electron chi connectivity index (χ2n) is 14.6. The van der Waals surface area contributed by atoms with E-state index in [9.17, 15) is 27.9 Å². The van der Waals surface area contributed by atoms with E-state index >= 15 is 0 Å². The quantitative estimate of drug-likeness (QED) is 0.0926. The number of aromatic hydroxyl groups is 1. The fourth-order valence-electron chi connectivity index (χ4n) is 8.05. The summed E-state index contributed by atoms with van der Waals surface area (Å²) in [6, 6.07) is 29.8. The first-order valence-corrected chi connectivity index (χ1v) is 20.9. The number of nitrogens with zero attached hydrogens (tertiary/aromatic N) is 3. The number of carbonyl (C=O) groups is 3. The monoisotopic (exact) mass is 760 g/mol. The van der Waals surface area contributed by atoms with Crippen molar-refractivity contribution in [1.29, 1.82) is 0 Å². The molecule has 4 aromatic rings. The summed E-state index contributed by atoms with van der Waals surface area (Å²) >= 11 is 0. The van der Waals surface area contributed by atoms with Gasteiger partial charge >= 0.3 is 0 Å². The van der Waals surface area contributed by atoms with Gasteiger partial charge in [-0.1, -0.05) is 67.9 Å². The first-order chi connectivity index (χ1) is 26.6. The number of sulfone groups is 1. The minimum atomic E-state index is -3.44. The van der Waals surface area contributed by atoms with Gasteiger partial charge in [0, 0.05) is 50.4 Å². The number of amides is 3. The van der Waals surface area contributed by atoms with Gasteiger partial charge in [0.25, 0.3) is 5.91 Å². The molecule has 0 radical (unpaired) electrons. The molecule has 2 saturated heterocycles. The highest BCUT2D eigenvalue weighted by Gasteiger charge is 2.39. The second kappa shape index (κ2) is 16.6. The molecule has 3 aliphatic rings. The van der Waals surface area contributed by atoms with Gasteiger partial charge in [0.15, 0.2) is 9.84 Å². The van der Waals surface area contributed by atoms with E-state index in [-0.39, 0.29) is 29.7 Å². The molecule has 7 rings (SSSR count). The van der Waals surface area contributed by atoms with E-state index in [1.807, 2.05) is 54.6 Å². The summed E-state index contributed by atoms with van der Waals surface area (Å²) in [5.74, 6) is -0.559.